The standard InChI is InChI=1S/C12H14Cl3NO/c1-9-8-10(15)2-3-11(9)12(17)16(6-4-13)7-5-14/h2-3,8H,4-7H2,1H3. The van der Waals surface area contributed by atoms with E-state index in [-0.39, 0.29) is 5.91 Å². The molecular formula is C12H14Cl3NO. The van der Waals surface area contributed by atoms with Crippen molar-refractivity contribution >= 4 is 40.7 Å². The van der Waals surface area contributed by atoms with Crippen LogP contribution >= 0.6 is 34.8 Å². The van der Waals surface area contributed by atoms with Gasteiger partial charge in [-0.25, -0.2) is 0 Å². The molecule has 0 aliphatic carbocycles. The maximum absolute atomic E-state index is 12.2. The molecular weight excluding hydrogens is 280 g/mol. The van der Waals surface area contributed by atoms with Crippen molar-refractivity contribution < 1.29 is 4.79 Å². The number of rotatable bonds is 5. The SMILES string of the molecule is Cc1cc(Cl)ccc1C(=O)N(CCCl)CCCl. The average Bonchev–Trinajstić information content (AvgIpc) is 2.28. The fraction of sp³-hybridized carbons (Fsp3) is 0.417. The average molecular weight is 295 g/mol. The molecule has 0 N–H and O–H groups in total. The molecule has 0 aromatic heterocycles. The maximum atomic E-state index is 12.2. The van der Waals surface area contributed by atoms with Crippen molar-refractivity contribution in [3.8, 4) is 0 Å². The van der Waals surface area contributed by atoms with E-state index in [0.717, 1.165) is 5.56 Å². The molecule has 0 unspecified atom stereocenters. The number of aryl methyl sites for hydroxylation is 1. The van der Waals surface area contributed by atoms with Crippen LogP contribution in [0.5, 0.6) is 0 Å². The van der Waals surface area contributed by atoms with Crippen molar-refractivity contribution in [2.75, 3.05) is 24.8 Å². The Morgan fingerprint density at radius 2 is 1.82 bits per heavy atom. The molecule has 1 aromatic rings. The summed E-state index contributed by atoms with van der Waals surface area (Å²) in [4.78, 5) is 13.9. The van der Waals surface area contributed by atoms with Crippen LogP contribution < -0.4 is 0 Å². The van der Waals surface area contributed by atoms with E-state index < -0.39 is 0 Å². The Hall–Kier alpha value is -0.440. The fourth-order valence-electron chi connectivity index (χ4n) is 1.56. The van der Waals surface area contributed by atoms with E-state index in [9.17, 15) is 4.79 Å². The summed E-state index contributed by atoms with van der Waals surface area (Å²) in [5.41, 5.74) is 1.50. The van der Waals surface area contributed by atoms with Crippen LogP contribution in [-0.2, 0) is 0 Å². The summed E-state index contributed by atoms with van der Waals surface area (Å²) < 4.78 is 0. The zero-order chi connectivity index (χ0) is 12.8. The molecule has 0 saturated heterocycles. The van der Waals surface area contributed by atoms with E-state index >= 15 is 0 Å². The molecule has 0 fully saturated rings. The number of hydrogen-bond acceptors (Lipinski definition) is 1. The molecule has 17 heavy (non-hydrogen) atoms. The molecule has 2 nitrogen and oxygen atoms in total. The summed E-state index contributed by atoms with van der Waals surface area (Å²) in [6.45, 7) is 2.85. The van der Waals surface area contributed by atoms with E-state index in [2.05, 4.69) is 0 Å². The summed E-state index contributed by atoms with van der Waals surface area (Å²) >= 11 is 17.2. The van der Waals surface area contributed by atoms with Crippen LogP contribution in [0.1, 0.15) is 15.9 Å². The smallest absolute Gasteiger partial charge is 0.254 e. The third kappa shape index (κ3) is 4.06. The zero-order valence-electron chi connectivity index (χ0n) is 9.55. The van der Waals surface area contributed by atoms with Gasteiger partial charge in [-0.3, -0.25) is 4.79 Å². The molecule has 0 aliphatic rings. The lowest BCUT2D eigenvalue weighted by Crippen LogP contribution is -2.34. The highest BCUT2D eigenvalue weighted by molar-refractivity contribution is 6.30. The van der Waals surface area contributed by atoms with Crippen LogP contribution in [-0.4, -0.2) is 35.7 Å². The number of nitrogens with zero attached hydrogens (tertiary/aromatic N) is 1. The maximum Gasteiger partial charge on any atom is 0.254 e. The van der Waals surface area contributed by atoms with Crippen LogP contribution in [0.3, 0.4) is 0 Å². The summed E-state index contributed by atoms with van der Waals surface area (Å²) in [5.74, 6) is 0.741. The largest absolute Gasteiger partial charge is 0.336 e. The zero-order valence-corrected chi connectivity index (χ0v) is 11.8. The van der Waals surface area contributed by atoms with Gasteiger partial charge in [0.2, 0.25) is 0 Å². The minimum Gasteiger partial charge on any atom is -0.336 e. The fourth-order valence-corrected chi connectivity index (χ4v) is 2.19. The van der Waals surface area contributed by atoms with Crippen LogP contribution in [0.15, 0.2) is 18.2 Å². The minimum atomic E-state index is -0.0551. The molecule has 5 heteroatoms. The van der Waals surface area contributed by atoms with Gasteiger partial charge in [0.1, 0.15) is 0 Å². The van der Waals surface area contributed by atoms with Crippen molar-refractivity contribution in [3.63, 3.8) is 0 Å². The lowest BCUT2D eigenvalue weighted by molar-refractivity contribution is 0.0774. The van der Waals surface area contributed by atoms with Gasteiger partial charge in [0.25, 0.3) is 5.91 Å². The number of hydrogen-bond donors (Lipinski definition) is 0. The van der Waals surface area contributed by atoms with Gasteiger partial charge < -0.3 is 4.90 Å². The highest BCUT2D eigenvalue weighted by Gasteiger charge is 2.16. The first-order valence-corrected chi connectivity index (χ1v) is 6.72. The van der Waals surface area contributed by atoms with Crippen molar-refractivity contribution in [2.45, 2.75) is 6.92 Å². The molecule has 1 aromatic carbocycles. The molecule has 0 radical (unpaired) electrons. The number of amides is 1. The second kappa shape index (κ2) is 7.10. The molecule has 1 amide bonds. The topological polar surface area (TPSA) is 20.3 Å². The quantitative estimate of drug-likeness (QED) is 0.760. The van der Waals surface area contributed by atoms with E-state index in [1.165, 1.54) is 0 Å². The highest BCUT2D eigenvalue weighted by atomic mass is 35.5. The van der Waals surface area contributed by atoms with Gasteiger partial charge in [-0.05, 0) is 30.7 Å². The lowest BCUT2D eigenvalue weighted by atomic mass is 10.1. The van der Waals surface area contributed by atoms with Gasteiger partial charge in [0, 0.05) is 35.4 Å². The van der Waals surface area contributed by atoms with Gasteiger partial charge in [0.05, 0.1) is 0 Å². The van der Waals surface area contributed by atoms with Crippen molar-refractivity contribution in [1.29, 1.82) is 0 Å². The van der Waals surface area contributed by atoms with Gasteiger partial charge in [-0.1, -0.05) is 11.6 Å². The molecule has 0 spiro atoms. The Labute approximate surface area is 116 Å². The monoisotopic (exact) mass is 293 g/mol. The number of carbonyl (C=O) groups excluding carboxylic acids is 1. The van der Waals surface area contributed by atoms with Crippen LogP contribution in [0.4, 0.5) is 0 Å². The Bertz CT molecular complexity index is 389. The first-order chi connectivity index (χ1) is 8.10. The lowest BCUT2D eigenvalue weighted by Gasteiger charge is -2.21. The Morgan fingerprint density at radius 3 is 2.29 bits per heavy atom. The number of carbonyl (C=O) groups is 1. The molecule has 0 heterocycles. The van der Waals surface area contributed by atoms with Crippen LogP contribution in [0.25, 0.3) is 0 Å². The predicted octanol–water partition coefficient (Wildman–Crippen LogP) is 3.57. The van der Waals surface area contributed by atoms with Crippen molar-refractivity contribution in [3.05, 3.63) is 34.3 Å². The third-order valence-electron chi connectivity index (χ3n) is 2.41. The van der Waals surface area contributed by atoms with Crippen molar-refractivity contribution in [1.82, 2.24) is 4.90 Å². The van der Waals surface area contributed by atoms with E-state index in [1.54, 1.807) is 23.1 Å². The first kappa shape index (κ1) is 14.6. The van der Waals surface area contributed by atoms with Gasteiger partial charge in [-0.15, -0.1) is 23.2 Å². The summed E-state index contributed by atoms with van der Waals surface area (Å²) in [6, 6.07) is 5.21. The molecule has 94 valence electrons. The van der Waals surface area contributed by atoms with Crippen LogP contribution in [0.2, 0.25) is 5.02 Å². The Kier molecular flexibility index (Phi) is 6.10. The Balaban J connectivity index is 2.92. The van der Waals surface area contributed by atoms with Crippen molar-refractivity contribution in [2.24, 2.45) is 0 Å². The summed E-state index contributed by atoms with van der Waals surface area (Å²) in [6.07, 6.45) is 0. The third-order valence-corrected chi connectivity index (χ3v) is 2.99. The predicted molar refractivity (Wildman–Crippen MR) is 73.5 cm³/mol. The second-order valence-electron chi connectivity index (χ2n) is 3.63. The van der Waals surface area contributed by atoms with E-state index in [4.69, 9.17) is 34.8 Å². The number of halogens is 3. The minimum absolute atomic E-state index is 0.0551. The molecule has 1 rings (SSSR count). The molecule has 0 atom stereocenters. The second-order valence-corrected chi connectivity index (χ2v) is 4.82. The summed E-state index contributed by atoms with van der Waals surface area (Å²) in [7, 11) is 0. The summed E-state index contributed by atoms with van der Waals surface area (Å²) in [5, 5.41) is 0.625. The van der Waals surface area contributed by atoms with E-state index in [0.29, 0.717) is 35.4 Å². The van der Waals surface area contributed by atoms with Crippen LogP contribution in [0, 0.1) is 6.92 Å². The molecule has 0 bridgehead atoms. The molecule has 0 aliphatic heterocycles. The normalized spacial score (nSPS) is 10.4. The van der Waals surface area contributed by atoms with Gasteiger partial charge in [0.15, 0.2) is 0 Å². The molecule has 0 saturated carbocycles. The number of alkyl halides is 2. The van der Waals surface area contributed by atoms with E-state index in [1.807, 2.05) is 6.92 Å². The van der Waals surface area contributed by atoms with Gasteiger partial charge in [-0.2, -0.15) is 0 Å². The highest BCUT2D eigenvalue weighted by Crippen LogP contribution is 2.17. The van der Waals surface area contributed by atoms with Gasteiger partial charge >= 0.3 is 0 Å². The first-order valence-electron chi connectivity index (χ1n) is 5.27. The number of benzene rings is 1. The Morgan fingerprint density at radius 1 is 1.24 bits per heavy atom.